The van der Waals surface area contributed by atoms with E-state index in [1.54, 1.807) is 18.2 Å². The van der Waals surface area contributed by atoms with Gasteiger partial charge >= 0.3 is 0 Å². The van der Waals surface area contributed by atoms with Crippen molar-refractivity contribution in [3.8, 4) is 11.5 Å². The third-order valence-electron chi connectivity index (χ3n) is 5.16. The van der Waals surface area contributed by atoms with Crippen LogP contribution in [0.2, 0.25) is 5.02 Å². The Morgan fingerprint density at radius 3 is 2.63 bits per heavy atom. The number of rotatable bonds is 5. The van der Waals surface area contributed by atoms with Crippen molar-refractivity contribution in [2.45, 2.75) is 26.2 Å². The van der Waals surface area contributed by atoms with Crippen LogP contribution in [0.5, 0.6) is 0 Å². The molecule has 4 rings (SSSR count). The van der Waals surface area contributed by atoms with Crippen molar-refractivity contribution in [1.29, 1.82) is 0 Å². The number of fused-ring (bicyclic) bond motifs is 1. The number of anilines is 1. The fourth-order valence-corrected chi connectivity index (χ4v) is 3.74. The Bertz CT molecular complexity index is 1220. The van der Waals surface area contributed by atoms with Crippen molar-refractivity contribution >= 4 is 50.2 Å². The van der Waals surface area contributed by atoms with Crippen molar-refractivity contribution in [2.24, 2.45) is 0 Å². The zero-order chi connectivity index (χ0) is 21.3. The van der Waals surface area contributed by atoms with Crippen LogP contribution >= 0.6 is 27.5 Å². The fourth-order valence-electron chi connectivity index (χ4n) is 3.18. The summed E-state index contributed by atoms with van der Waals surface area (Å²) < 4.78 is 6.71. The van der Waals surface area contributed by atoms with E-state index in [0.717, 1.165) is 27.6 Å². The van der Waals surface area contributed by atoms with Crippen LogP contribution in [0.15, 0.2) is 69.6 Å². The molecule has 0 aliphatic rings. The normalized spacial score (nSPS) is 12.1. The molecule has 0 spiro atoms. The number of carbonyl (C=O) groups excluding carboxylic acids is 1. The lowest BCUT2D eigenvalue weighted by Gasteiger charge is -2.07. The molecule has 0 unspecified atom stereocenters. The molecule has 1 aromatic heterocycles. The number of hydrogen-bond acceptors (Lipinski definition) is 3. The maximum absolute atomic E-state index is 12.5. The molecular weight excluding hydrogens is 464 g/mol. The third kappa shape index (κ3) is 4.27. The van der Waals surface area contributed by atoms with Crippen LogP contribution in [0.25, 0.3) is 22.6 Å². The van der Waals surface area contributed by atoms with Gasteiger partial charge in [-0.05, 0) is 72.5 Å². The van der Waals surface area contributed by atoms with Gasteiger partial charge in [0.2, 0.25) is 5.89 Å². The number of benzene rings is 3. The minimum Gasteiger partial charge on any atom is -0.436 e. The second-order valence-corrected chi connectivity index (χ2v) is 8.53. The van der Waals surface area contributed by atoms with Gasteiger partial charge in [0.1, 0.15) is 5.52 Å². The standard InChI is InChI=1S/C24H20BrClN2O2/c1-3-14(2)16-6-11-22-21(12-16)28-24(30-22)15-4-8-18(9-5-15)27-23(29)19-13-17(25)7-10-20(19)26/h4-14H,3H2,1-2H3,(H,27,29)/t14-/m0/s1. The lowest BCUT2D eigenvalue weighted by Crippen LogP contribution is -2.12. The molecule has 0 bridgehead atoms. The molecular formula is C24H20BrClN2O2. The van der Waals surface area contributed by atoms with Crippen LogP contribution in [0.4, 0.5) is 5.69 Å². The van der Waals surface area contributed by atoms with Gasteiger partial charge in [-0.1, -0.05) is 47.4 Å². The molecule has 1 heterocycles. The average molecular weight is 484 g/mol. The number of aromatic nitrogens is 1. The van der Waals surface area contributed by atoms with Gasteiger partial charge in [-0.25, -0.2) is 4.98 Å². The Hall–Kier alpha value is -2.63. The largest absolute Gasteiger partial charge is 0.436 e. The summed E-state index contributed by atoms with van der Waals surface area (Å²) in [6.07, 6.45) is 1.08. The van der Waals surface area contributed by atoms with Crippen molar-refractivity contribution in [2.75, 3.05) is 5.32 Å². The Balaban J connectivity index is 1.54. The summed E-state index contributed by atoms with van der Waals surface area (Å²) in [5.74, 6) is 0.767. The molecule has 0 saturated heterocycles. The first-order valence-electron chi connectivity index (χ1n) is 9.72. The molecule has 4 nitrogen and oxygen atoms in total. The second kappa shape index (κ2) is 8.62. The average Bonchev–Trinajstić information content (AvgIpc) is 3.18. The predicted octanol–water partition coefficient (Wildman–Crippen LogP) is 7.68. The van der Waals surface area contributed by atoms with Gasteiger partial charge in [-0.2, -0.15) is 0 Å². The number of hydrogen-bond donors (Lipinski definition) is 1. The summed E-state index contributed by atoms with van der Waals surface area (Å²) in [6.45, 7) is 4.38. The van der Waals surface area contributed by atoms with E-state index in [1.807, 2.05) is 30.3 Å². The van der Waals surface area contributed by atoms with Crippen molar-refractivity contribution in [3.63, 3.8) is 0 Å². The summed E-state index contributed by atoms with van der Waals surface area (Å²) in [4.78, 5) is 17.2. The van der Waals surface area contributed by atoms with E-state index in [9.17, 15) is 4.79 Å². The van der Waals surface area contributed by atoms with Crippen LogP contribution in [-0.2, 0) is 0 Å². The molecule has 1 atom stereocenters. The molecule has 0 fully saturated rings. The molecule has 1 amide bonds. The summed E-state index contributed by atoms with van der Waals surface area (Å²) in [5.41, 5.74) is 4.79. The van der Waals surface area contributed by atoms with E-state index in [1.165, 1.54) is 5.56 Å². The summed E-state index contributed by atoms with van der Waals surface area (Å²) >= 11 is 9.50. The zero-order valence-corrected chi connectivity index (χ0v) is 18.9. The number of carbonyl (C=O) groups is 1. The maximum atomic E-state index is 12.5. The molecule has 152 valence electrons. The van der Waals surface area contributed by atoms with E-state index < -0.39 is 0 Å². The van der Waals surface area contributed by atoms with Gasteiger partial charge in [0.15, 0.2) is 5.58 Å². The van der Waals surface area contributed by atoms with E-state index >= 15 is 0 Å². The van der Waals surface area contributed by atoms with Crippen LogP contribution in [-0.4, -0.2) is 10.9 Å². The lowest BCUT2D eigenvalue weighted by molar-refractivity contribution is 0.102. The van der Waals surface area contributed by atoms with E-state index in [0.29, 0.717) is 28.1 Å². The first-order chi connectivity index (χ1) is 14.4. The van der Waals surface area contributed by atoms with Crippen LogP contribution in [0.3, 0.4) is 0 Å². The fraction of sp³-hybridized carbons (Fsp3) is 0.167. The van der Waals surface area contributed by atoms with Gasteiger partial charge in [-0.3, -0.25) is 4.79 Å². The highest BCUT2D eigenvalue weighted by molar-refractivity contribution is 9.10. The van der Waals surface area contributed by atoms with Crippen molar-refractivity contribution in [3.05, 3.63) is 81.3 Å². The van der Waals surface area contributed by atoms with E-state index in [-0.39, 0.29) is 5.91 Å². The van der Waals surface area contributed by atoms with Crippen LogP contribution in [0, 0.1) is 0 Å². The number of nitrogens with zero attached hydrogens (tertiary/aromatic N) is 1. The first kappa shape index (κ1) is 20.6. The Labute approximate surface area is 188 Å². The molecule has 1 N–H and O–H groups in total. The molecule has 0 aliphatic carbocycles. The maximum Gasteiger partial charge on any atom is 0.257 e. The van der Waals surface area contributed by atoms with Crippen molar-refractivity contribution in [1.82, 2.24) is 4.98 Å². The minimum atomic E-state index is -0.270. The Morgan fingerprint density at radius 1 is 1.13 bits per heavy atom. The lowest BCUT2D eigenvalue weighted by atomic mass is 9.98. The topological polar surface area (TPSA) is 55.1 Å². The molecule has 30 heavy (non-hydrogen) atoms. The molecule has 0 saturated carbocycles. The molecule has 6 heteroatoms. The molecule has 3 aromatic carbocycles. The highest BCUT2D eigenvalue weighted by Crippen LogP contribution is 2.29. The number of halogens is 2. The minimum absolute atomic E-state index is 0.270. The smallest absolute Gasteiger partial charge is 0.257 e. The summed E-state index contributed by atoms with van der Waals surface area (Å²) in [7, 11) is 0. The van der Waals surface area contributed by atoms with Gasteiger partial charge < -0.3 is 9.73 Å². The van der Waals surface area contributed by atoms with Gasteiger partial charge in [0.25, 0.3) is 5.91 Å². The number of oxazole rings is 1. The van der Waals surface area contributed by atoms with Crippen LogP contribution in [0.1, 0.15) is 42.1 Å². The number of nitrogens with one attached hydrogen (secondary N) is 1. The van der Waals surface area contributed by atoms with E-state index in [4.69, 9.17) is 16.0 Å². The van der Waals surface area contributed by atoms with Crippen molar-refractivity contribution < 1.29 is 9.21 Å². The monoisotopic (exact) mass is 482 g/mol. The third-order valence-corrected chi connectivity index (χ3v) is 5.98. The van der Waals surface area contributed by atoms with Gasteiger partial charge in [0.05, 0.1) is 10.6 Å². The SMILES string of the molecule is CC[C@H](C)c1ccc2oc(-c3ccc(NC(=O)c4cc(Br)ccc4Cl)cc3)nc2c1. The quantitative estimate of drug-likeness (QED) is 0.317. The van der Waals surface area contributed by atoms with E-state index in [2.05, 4.69) is 52.2 Å². The highest BCUT2D eigenvalue weighted by atomic mass is 79.9. The second-order valence-electron chi connectivity index (χ2n) is 7.21. The zero-order valence-electron chi connectivity index (χ0n) is 16.6. The molecule has 4 aromatic rings. The predicted molar refractivity (Wildman–Crippen MR) is 125 cm³/mol. The Morgan fingerprint density at radius 2 is 1.90 bits per heavy atom. The van der Waals surface area contributed by atoms with Gasteiger partial charge in [0, 0.05) is 15.7 Å². The summed E-state index contributed by atoms with van der Waals surface area (Å²) in [5, 5.41) is 3.26. The Kier molecular flexibility index (Phi) is 5.93. The first-order valence-corrected chi connectivity index (χ1v) is 10.9. The van der Waals surface area contributed by atoms with Crippen LogP contribution < -0.4 is 5.32 Å². The highest BCUT2D eigenvalue weighted by Gasteiger charge is 2.13. The summed E-state index contributed by atoms with van der Waals surface area (Å²) in [6, 6.07) is 18.7. The number of amides is 1. The van der Waals surface area contributed by atoms with Gasteiger partial charge in [-0.15, -0.1) is 0 Å². The molecule has 0 radical (unpaired) electrons. The molecule has 0 aliphatic heterocycles.